The molecule has 3 N–H and O–H groups in total. The molecule has 0 bridgehead atoms. The molecule has 2 aliphatic heterocycles. The number of ether oxygens (including phenoxy) is 3. The number of hydrogen-bond donors (Lipinski definition) is 3. The Morgan fingerprint density at radius 3 is 2.17 bits per heavy atom. The zero-order valence-corrected chi connectivity index (χ0v) is 12.2. The second-order valence-corrected chi connectivity index (χ2v) is 5.39. The fraction of sp³-hybridized carbons (Fsp3) is 0.118. The average Bonchev–Trinajstić information content (AvgIpc) is 2.60. The van der Waals surface area contributed by atoms with Crippen molar-refractivity contribution in [3.8, 4) is 34.5 Å². The third kappa shape index (κ3) is 2.02. The lowest BCUT2D eigenvalue weighted by atomic mass is 9.94. The van der Waals surface area contributed by atoms with Crippen molar-refractivity contribution >= 4 is 5.78 Å². The maximum atomic E-state index is 12.5. The van der Waals surface area contributed by atoms with Gasteiger partial charge >= 0.3 is 0 Å². The summed E-state index contributed by atoms with van der Waals surface area (Å²) >= 11 is 0. The standard InChI is InChI=1S/C17H12O7/c18-9-3-1-8(2-4-9)11-7-10(19)12-13(20)16-17(23-6-5-22-16)14(21)15(12)24-11/h1-6,11,18,20-21H,7H2/t11-/m0/s1. The summed E-state index contributed by atoms with van der Waals surface area (Å²) in [5.74, 6) is -1.56. The van der Waals surface area contributed by atoms with Gasteiger partial charge in [0.25, 0.3) is 0 Å². The number of benzene rings is 2. The second kappa shape index (κ2) is 5.09. The maximum Gasteiger partial charge on any atom is 0.218 e. The van der Waals surface area contributed by atoms with Gasteiger partial charge in [-0.25, -0.2) is 0 Å². The molecule has 4 rings (SSSR count). The first-order valence-corrected chi connectivity index (χ1v) is 7.15. The lowest BCUT2D eigenvalue weighted by molar-refractivity contribution is 0.0834. The SMILES string of the molecule is O=C1C[C@@H](c2ccc(O)cc2)Oc2c(O)c3c(c(O)c21)OC=CO3. The average molecular weight is 328 g/mol. The molecule has 0 radical (unpaired) electrons. The zero-order chi connectivity index (χ0) is 16.8. The molecule has 2 heterocycles. The van der Waals surface area contributed by atoms with Crippen molar-refractivity contribution in [3.63, 3.8) is 0 Å². The van der Waals surface area contributed by atoms with Gasteiger partial charge in [-0.15, -0.1) is 0 Å². The van der Waals surface area contributed by atoms with Crippen molar-refractivity contribution in [1.29, 1.82) is 0 Å². The van der Waals surface area contributed by atoms with Crippen LogP contribution in [-0.2, 0) is 0 Å². The number of fused-ring (bicyclic) bond motifs is 2. The van der Waals surface area contributed by atoms with E-state index >= 15 is 0 Å². The first kappa shape index (κ1) is 14.3. The van der Waals surface area contributed by atoms with E-state index in [-0.39, 0.29) is 35.0 Å². The van der Waals surface area contributed by atoms with Gasteiger partial charge in [-0.2, -0.15) is 0 Å². The Balaban J connectivity index is 1.82. The van der Waals surface area contributed by atoms with Crippen LogP contribution in [-0.4, -0.2) is 21.1 Å². The molecule has 2 aromatic rings. The number of rotatable bonds is 1. The largest absolute Gasteiger partial charge is 0.508 e. The van der Waals surface area contributed by atoms with Crippen molar-refractivity contribution < 1.29 is 34.3 Å². The van der Waals surface area contributed by atoms with Crippen LogP contribution in [0.2, 0.25) is 0 Å². The summed E-state index contributed by atoms with van der Waals surface area (Å²) in [6.07, 6.45) is 1.69. The zero-order valence-electron chi connectivity index (χ0n) is 12.2. The van der Waals surface area contributed by atoms with Gasteiger partial charge in [0.05, 0.1) is 6.42 Å². The van der Waals surface area contributed by atoms with Crippen LogP contribution >= 0.6 is 0 Å². The van der Waals surface area contributed by atoms with Gasteiger partial charge in [-0.3, -0.25) is 4.79 Å². The summed E-state index contributed by atoms with van der Waals surface area (Å²) in [4.78, 5) is 12.5. The lowest BCUT2D eigenvalue weighted by Crippen LogP contribution is -2.21. The topological polar surface area (TPSA) is 105 Å². The number of phenols is 3. The van der Waals surface area contributed by atoms with E-state index in [9.17, 15) is 20.1 Å². The summed E-state index contributed by atoms with van der Waals surface area (Å²) in [5.41, 5.74) is 0.514. The summed E-state index contributed by atoms with van der Waals surface area (Å²) < 4.78 is 16.0. The van der Waals surface area contributed by atoms with Crippen LogP contribution in [0.15, 0.2) is 36.8 Å². The Morgan fingerprint density at radius 2 is 1.50 bits per heavy atom. The van der Waals surface area contributed by atoms with E-state index in [1.807, 2.05) is 0 Å². The molecule has 2 aromatic carbocycles. The molecule has 24 heavy (non-hydrogen) atoms. The normalized spacial score (nSPS) is 18.0. The van der Waals surface area contributed by atoms with Gasteiger partial charge in [0, 0.05) is 0 Å². The Bertz CT molecular complexity index is 868. The van der Waals surface area contributed by atoms with Gasteiger partial charge < -0.3 is 29.5 Å². The molecule has 1 atom stereocenters. The Hall–Kier alpha value is -3.35. The smallest absolute Gasteiger partial charge is 0.218 e. The van der Waals surface area contributed by atoms with E-state index in [0.29, 0.717) is 5.56 Å². The molecular formula is C17H12O7. The van der Waals surface area contributed by atoms with Crippen molar-refractivity contribution in [3.05, 3.63) is 47.9 Å². The van der Waals surface area contributed by atoms with Gasteiger partial charge in [-0.05, 0) is 17.7 Å². The number of carbonyl (C=O) groups excluding carboxylic acids is 1. The molecule has 0 fully saturated rings. The molecule has 7 heteroatoms. The number of carbonyl (C=O) groups is 1. The minimum absolute atomic E-state index is 0.0275. The molecule has 2 aliphatic rings. The van der Waals surface area contributed by atoms with Crippen LogP contribution in [0.3, 0.4) is 0 Å². The predicted octanol–water partition coefficient (Wildman–Crippen LogP) is 2.75. The molecule has 0 saturated carbocycles. The molecule has 0 unspecified atom stereocenters. The molecule has 122 valence electrons. The fourth-order valence-corrected chi connectivity index (χ4v) is 2.77. The van der Waals surface area contributed by atoms with Crippen LogP contribution in [0.25, 0.3) is 0 Å². The molecule has 0 spiro atoms. The van der Waals surface area contributed by atoms with Gasteiger partial charge in [-0.1, -0.05) is 12.1 Å². The number of ketones is 1. The number of hydrogen-bond acceptors (Lipinski definition) is 7. The summed E-state index contributed by atoms with van der Waals surface area (Å²) in [6, 6.07) is 6.20. The minimum atomic E-state index is -0.658. The molecule has 0 saturated heterocycles. The van der Waals surface area contributed by atoms with Crippen LogP contribution < -0.4 is 14.2 Å². The quantitative estimate of drug-likeness (QED) is 0.691. The molecule has 0 aliphatic carbocycles. The van der Waals surface area contributed by atoms with Gasteiger partial charge in [0.1, 0.15) is 29.9 Å². The van der Waals surface area contributed by atoms with Gasteiger partial charge in [0.15, 0.2) is 17.3 Å². The van der Waals surface area contributed by atoms with E-state index < -0.39 is 23.4 Å². The monoisotopic (exact) mass is 328 g/mol. The third-order valence-electron chi connectivity index (χ3n) is 3.92. The summed E-state index contributed by atoms with van der Waals surface area (Å²) in [5, 5.41) is 30.0. The second-order valence-electron chi connectivity index (χ2n) is 5.39. The number of Topliss-reactive ketones (excluding diaryl/α,β-unsaturated/α-hetero) is 1. The van der Waals surface area contributed by atoms with Crippen LogP contribution in [0.4, 0.5) is 0 Å². The summed E-state index contributed by atoms with van der Waals surface area (Å²) in [6.45, 7) is 0. The third-order valence-corrected chi connectivity index (χ3v) is 3.92. The highest BCUT2D eigenvalue weighted by molar-refractivity contribution is 6.05. The highest BCUT2D eigenvalue weighted by Crippen LogP contribution is 2.56. The Morgan fingerprint density at radius 1 is 0.875 bits per heavy atom. The predicted molar refractivity (Wildman–Crippen MR) is 80.6 cm³/mol. The van der Waals surface area contributed by atoms with Crippen molar-refractivity contribution in [2.75, 3.05) is 0 Å². The van der Waals surface area contributed by atoms with Crippen molar-refractivity contribution in [2.45, 2.75) is 12.5 Å². The molecular weight excluding hydrogens is 316 g/mol. The molecule has 0 aromatic heterocycles. The van der Waals surface area contributed by atoms with Crippen LogP contribution in [0.1, 0.15) is 28.4 Å². The van der Waals surface area contributed by atoms with E-state index in [2.05, 4.69) is 0 Å². The van der Waals surface area contributed by atoms with E-state index in [4.69, 9.17) is 14.2 Å². The van der Waals surface area contributed by atoms with Crippen LogP contribution in [0, 0.1) is 0 Å². The van der Waals surface area contributed by atoms with E-state index in [0.717, 1.165) is 0 Å². The van der Waals surface area contributed by atoms with Crippen LogP contribution in [0.5, 0.6) is 34.5 Å². The number of phenolic OH excluding ortho intramolecular Hbond substituents is 3. The first-order chi connectivity index (χ1) is 11.6. The van der Waals surface area contributed by atoms with Crippen molar-refractivity contribution in [2.24, 2.45) is 0 Å². The lowest BCUT2D eigenvalue weighted by Gasteiger charge is -2.28. The Labute approximate surface area is 135 Å². The molecule has 7 nitrogen and oxygen atoms in total. The van der Waals surface area contributed by atoms with E-state index in [1.165, 1.54) is 24.7 Å². The van der Waals surface area contributed by atoms with Crippen molar-refractivity contribution in [1.82, 2.24) is 0 Å². The number of aromatic hydroxyl groups is 3. The highest BCUT2D eigenvalue weighted by Gasteiger charge is 2.37. The summed E-state index contributed by atoms with van der Waals surface area (Å²) in [7, 11) is 0. The maximum absolute atomic E-state index is 12.5. The Kier molecular flexibility index (Phi) is 3.02. The minimum Gasteiger partial charge on any atom is -0.508 e. The van der Waals surface area contributed by atoms with E-state index in [1.54, 1.807) is 12.1 Å². The first-order valence-electron chi connectivity index (χ1n) is 7.15. The fourth-order valence-electron chi connectivity index (χ4n) is 2.77. The van der Waals surface area contributed by atoms with Gasteiger partial charge in [0.2, 0.25) is 17.2 Å². The highest BCUT2D eigenvalue weighted by atomic mass is 16.6. The molecule has 0 amide bonds.